The summed E-state index contributed by atoms with van der Waals surface area (Å²) >= 11 is -0.844. The molecule has 2 aromatic heterocycles. The number of nitrogens with zero attached hydrogens (tertiary/aromatic N) is 3. The predicted octanol–water partition coefficient (Wildman–Crippen LogP) is 4.35. The number of carbonyl (C=O) groups is 1. The number of hydrogen-bond acceptors (Lipinski definition) is 5. The van der Waals surface area contributed by atoms with Crippen LogP contribution < -0.4 is 10.9 Å². The number of rotatable bonds is 5. The van der Waals surface area contributed by atoms with Crippen LogP contribution in [0, 0.1) is 0 Å². The van der Waals surface area contributed by atoms with E-state index in [9.17, 15) is 22.8 Å². The SMILES string of the molecule is CC(=O)NC1=C(c2nc3onc(C(F)(F)F)c3c(=O)n2[C@H](C)Cc2ccccc2)I=CC=C1. The molecular weight excluding hydrogens is 552 g/mol. The van der Waals surface area contributed by atoms with Crippen molar-refractivity contribution >= 4 is 45.3 Å². The van der Waals surface area contributed by atoms with E-state index >= 15 is 0 Å². The first kappa shape index (κ1) is 23.1. The van der Waals surface area contributed by atoms with Crippen LogP contribution in [0.1, 0.15) is 37.0 Å². The van der Waals surface area contributed by atoms with Crippen LogP contribution in [0.5, 0.6) is 0 Å². The topological polar surface area (TPSA) is 90.0 Å². The highest BCUT2D eigenvalue weighted by Crippen LogP contribution is 2.36. The molecule has 3 heterocycles. The normalized spacial score (nSPS) is 14.9. The number of aromatic nitrogens is 3. The fraction of sp³-hybridized carbons (Fsp3) is 0.227. The van der Waals surface area contributed by atoms with E-state index in [2.05, 4.69) is 15.5 Å². The van der Waals surface area contributed by atoms with Gasteiger partial charge in [0, 0.05) is 13.0 Å². The smallest absolute Gasteiger partial charge is 0.335 e. The summed E-state index contributed by atoms with van der Waals surface area (Å²) in [5, 5.41) is 5.11. The quantitative estimate of drug-likeness (QED) is 0.461. The zero-order chi connectivity index (χ0) is 23.8. The predicted molar refractivity (Wildman–Crippen MR) is 126 cm³/mol. The number of nitrogens with one attached hydrogen (secondary N) is 1. The lowest BCUT2D eigenvalue weighted by molar-refractivity contribution is -0.141. The number of carbonyl (C=O) groups excluding carboxylic acids is 1. The lowest BCUT2D eigenvalue weighted by Crippen LogP contribution is -2.30. The molecule has 0 bridgehead atoms. The fourth-order valence-corrected chi connectivity index (χ4v) is 5.62. The molecule has 1 aliphatic rings. The van der Waals surface area contributed by atoms with Gasteiger partial charge in [0.25, 0.3) is 11.3 Å². The third kappa shape index (κ3) is 4.68. The Balaban J connectivity index is 1.99. The maximum Gasteiger partial charge on any atom is 0.437 e. The second kappa shape index (κ2) is 9.04. The largest absolute Gasteiger partial charge is 0.437 e. The fourth-order valence-electron chi connectivity index (χ4n) is 3.54. The number of allylic oxidation sites excluding steroid dienone is 2. The van der Waals surface area contributed by atoms with Gasteiger partial charge < -0.3 is 9.84 Å². The van der Waals surface area contributed by atoms with E-state index in [4.69, 9.17) is 4.52 Å². The van der Waals surface area contributed by atoms with Gasteiger partial charge in [0.15, 0.2) is 5.82 Å². The standard InChI is InChI=1S/C22H18F3IN4O3/c1-12(11-14-7-4-3-5-8-14)30-19(17-15(27-13(2)31)9-6-10-26-17)28-20-16(21(30)32)18(29-33-20)22(23,24)25/h3-10,12H,11H2,1-2H3,(H,27,31)/t12-/m1/s1. The van der Waals surface area contributed by atoms with Crippen molar-refractivity contribution < 1.29 is 22.5 Å². The Morgan fingerprint density at radius 1 is 1.27 bits per heavy atom. The van der Waals surface area contributed by atoms with Crippen LogP contribution in [0.3, 0.4) is 0 Å². The number of amides is 1. The van der Waals surface area contributed by atoms with Gasteiger partial charge in [-0.25, -0.2) is 0 Å². The molecule has 1 aliphatic heterocycles. The number of benzene rings is 1. The Kier molecular flexibility index (Phi) is 6.32. The molecule has 1 N–H and O–H groups in total. The molecule has 0 saturated carbocycles. The van der Waals surface area contributed by atoms with Gasteiger partial charge in [-0.3, -0.25) is 14.2 Å². The Morgan fingerprint density at radius 2 is 2.00 bits per heavy atom. The van der Waals surface area contributed by atoms with Crippen molar-refractivity contribution in [2.75, 3.05) is 0 Å². The first-order valence-corrected chi connectivity index (χ1v) is 12.2. The zero-order valence-electron chi connectivity index (χ0n) is 17.5. The molecule has 172 valence electrons. The summed E-state index contributed by atoms with van der Waals surface area (Å²) < 4.78 is 49.1. The van der Waals surface area contributed by atoms with Crippen LogP contribution in [-0.4, -0.2) is 24.6 Å². The van der Waals surface area contributed by atoms with Crippen molar-refractivity contribution in [2.45, 2.75) is 32.5 Å². The van der Waals surface area contributed by atoms with Gasteiger partial charge in [-0.15, -0.1) is 0 Å². The average molecular weight is 570 g/mol. The maximum absolute atomic E-state index is 13.5. The molecule has 33 heavy (non-hydrogen) atoms. The molecule has 1 amide bonds. The molecule has 11 heteroatoms. The summed E-state index contributed by atoms with van der Waals surface area (Å²) in [6.45, 7) is 3.09. The molecule has 0 unspecified atom stereocenters. The van der Waals surface area contributed by atoms with Crippen molar-refractivity contribution in [2.24, 2.45) is 0 Å². The van der Waals surface area contributed by atoms with Crippen LogP contribution in [0.4, 0.5) is 13.2 Å². The van der Waals surface area contributed by atoms with E-state index in [1.165, 1.54) is 11.5 Å². The van der Waals surface area contributed by atoms with E-state index in [0.29, 0.717) is 15.7 Å². The van der Waals surface area contributed by atoms with Crippen LogP contribution in [0.25, 0.3) is 14.7 Å². The van der Waals surface area contributed by atoms with Crippen LogP contribution in [0.15, 0.2) is 57.5 Å². The minimum atomic E-state index is -4.87. The van der Waals surface area contributed by atoms with Crippen LogP contribution in [-0.2, 0) is 17.4 Å². The summed E-state index contributed by atoms with van der Waals surface area (Å²) in [4.78, 5) is 29.5. The molecule has 4 rings (SSSR count). The lowest BCUT2D eigenvalue weighted by Gasteiger charge is -2.21. The monoisotopic (exact) mass is 570 g/mol. The Labute approximate surface area is 195 Å². The van der Waals surface area contributed by atoms with Crippen LogP contribution >= 0.6 is 20.7 Å². The molecule has 3 aromatic rings. The highest BCUT2D eigenvalue weighted by molar-refractivity contribution is 14.2. The van der Waals surface area contributed by atoms with Crippen LogP contribution in [0.2, 0.25) is 0 Å². The van der Waals surface area contributed by atoms with Gasteiger partial charge >= 0.3 is 6.18 Å². The van der Waals surface area contributed by atoms with Crippen molar-refractivity contribution in [3.05, 3.63) is 75.6 Å². The second-order valence-electron chi connectivity index (χ2n) is 7.36. The Morgan fingerprint density at radius 3 is 2.67 bits per heavy atom. The van der Waals surface area contributed by atoms with E-state index in [1.54, 1.807) is 19.1 Å². The number of hydrogen-bond donors (Lipinski definition) is 1. The van der Waals surface area contributed by atoms with Gasteiger partial charge in [0.05, 0.1) is 9.28 Å². The number of fused-ring (bicyclic) bond motifs is 1. The lowest BCUT2D eigenvalue weighted by atomic mass is 10.1. The molecule has 1 aromatic carbocycles. The van der Waals surface area contributed by atoms with Crippen molar-refractivity contribution in [1.29, 1.82) is 0 Å². The Bertz CT molecular complexity index is 1370. The molecule has 0 fully saturated rings. The highest BCUT2D eigenvalue weighted by atomic mass is 127. The molecule has 0 saturated heterocycles. The van der Waals surface area contributed by atoms with Crippen molar-refractivity contribution in [3.8, 4) is 0 Å². The zero-order valence-corrected chi connectivity index (χ0v) is 19.6. The van der Waals surface area contributed by atoms with Gasteiger partial charge in [0.1, 0.15) is 5.39 Å². The minimum Gasteiger partial charge on any atom is -0.335 e. The molecular formula is C22H18F3IN4O3. The summed E-state index contributed by atoms with van der Waals surface area (Å²) in [6.07, 6.45) is -1.03. The second-order valence-corrected chi connectivity index (χ2v) is 9.78. The van der Waals surface area contributed by atoms with E-state index in [0.717, 1.165) is 5.56 Å². The summed E-state index contributed by atoms with van der Waals surface area (Å²) in [7, 11) is 0. The van der Waals surface area contributed by atoms with E-state index in [1.807, 2.05) is 34.3 Å². The third-order valence-corrected chi connectivity index (χ3v) is 7.34. The maximum atomic E-state index is 13.5. The summed E-state index contributed by atoms with van der Waals surface area (Å²) in [5.41, 5.74) is -1.41. The summed E-state index contributed by atoms with van der Waals surface area (Å²) in [6, 6.07) is 8.76. The number of halogens is 4. The third-order valence-electron chi connectivity index (χ3n) is 4.88. The van der Waals surface area contributed by atoms with Crippen molar-refractivity contribution in [3.63, 3.8) is 0 Å². The van der Waals surface area contributed by atoms with Gasteiger partial charge in [-0.05, 0) is 29.0 Å². The minimum absolute atomic E-state index is 0.165. The molecule has 0 spiro atoms. The van der Waals surface area contributed by atoms with E-state index in [-0.39, 0.29) is 11.7 Å². The first-order chi connectivity index (χ1) is 15.7. The average Bonchev–Trinajstić information content (AvgIpc) is 3.19. The van der Waals surface area contributed by atoms with E-state index < -0.39 is 55.3 Å². The van der Waals surface area contributed by atoms with Gasteiger partial charge in [0.2, 0.25) is 11.6 Å². The number of alkyl halides is 3. The highest BCUT2D eigenvalue weighted by Gasteiger charge is 2.40. The van der Waals surface area contributed by atoms with Gasteiger partial charge in [-0.1, -0.05) is 62.3 Å². The molecule has 1 atom stereocenters. The Hall–Kier alpha value is -3.09. The molecule has 0 radical (unpaired) electrons. The molecule has 0 aliphatic carbocycles. The summed E-state index contributed by atoms with van der Waals surface area (Å²) in [5.74, 6) is -0.151. The first-order valence-electron chi connectivity index (χ1n) is 9.85. The van der Waals surface area contributed by atoms with Crippen molar-refractivity contribution in [1.82, 2.24) is 20.0 Å². The van der Waals surface area contributed by atoms with Gasteiger partial charge in [-0.2, -0.15) is 18.2 Å². The molecule has 7 nitrogen and oxygen atoms in total.